The molecule has 0 saturated carbocycles. The lowest BCUT2D eigenvalue weighted by Crippen LogP contribution is -2.60. The van der Waals surface area contributed by atoms with E-state index < -0.39 is 169 Å². The predicted molar refractivity (Wildman–Crippen MR) is 356 cm³/mol. The summed E-state index contributed by atoms with van der Waals surface area (Å²) in [7, 11) is 0. The summed E-state index contributed by atoms with van der Waals surface area (Å²) in [5.41, 5.74) is 40.6. The van der Waals surface area contributed by atoms with Crippen molar-refractivity contribution in [3.05, 3.63) is 71.8 Å². The SMILES string of the molecule is CSCC[C@H](NC(=O)[C@H](CC(C)C)NC(=O)CNC(=O)[C@H](Cc1ccccc1)NC(=O)[C@H](Cc1ccccc1)NC(=O)[C@@H](CCC(N)=O)NC(=O)[C@@H](CCC(N)=O)NC(=O)[C@@H]1CCCN1C(=O)[C@H](CCCCN)NC(=O)[C@H]1CCCN1C(=O)[C@@H](N)CCCN=C(N)N)C(N)=O. The summed E-state index contributed by atoms with van der Waals surface area (Å²) >= 11 is 1.45. The Labute approximate surface area is 558 Å². The summed E-state index contributed by atoms with van der Waals surface area (Å²) in [5.74, 6) is -9.80. The lowest BCUT2D eigenvalue weighted by molar-refractivity contribution is -0.144. The molecule has 95 heavy (non-hydrogen) atoms. The first-order chi connectivity index (χ1) is 45.2. The van der Waals surface area contributed by atoms with Crippen molar-refractivity contribution < 1.29 is 62.3 Å². The number of rotatable bonds is 42. The summed E-state index contributed by atoms with van der Waals surface area (Å²) in [6, 6.07) is 4.51. The predicted octanol–water partition coefficient (Wildman–Crippen LogP) is -3.71. The van der Waals surface area contributed by atoms with Gasteiger partial charge in [0.05, 0.1) is 12.6 Å². The van der Waals surface area contributed by atoms with E-state index in [1.54, 1.807) is 60.7 Å². The fraction of sp³-hybridized carbons (Fsp3) is 0.587. The smallest absolute Gasteiger partial charge is 0.245 e. The molecule has 0 bridgehead atoms. The van der Waals surface area contributed by atoms with Gasteiger partial charge in [-0.1, -0.05) is 74.5 Å². The maximum Gasteiger partial charge on any atom is 0.245 e. The van der Waals surface area contributed by atoms with Crippen molar-refractivity contribution in [3.63, 3.8) is 0 Å². The van der Waals surface area contributed by atoms with E-state index in [4.69, 9.17) is 40.1 Å². The molecule has 2 heterocycles. The molecular weight excluding hydrogens is 1250 g/mol. The molecule has 0 radical (unpaired) electrons. The molecule has 0 spiro atoms. The average molecular weight is 1350 g/mol. The largest absolute Gasteiger partial charge is 0.370 e. The molecule has 0 aliphatic carbocycles. The molecule has 0 unspecified atom stereocenters. The molecule has 0 aromatic heterocycles. The first kappa shape index (κ1) is 78.5. The summed E-state index contributed by atoms with van der Waals surface area (Å²) in [5, 5.41) is 21.1. The molecule has 32 heteroatoms. The Balaban J connectivity index is 1.56. The van der Waals surface area contributed by atoms with Gasteiger partial charge in [-0.3, -0.25) is 67.3 Å². The van der Waals surface area contributed by atoms with Crippen LogP contribution in [0, 0.1) is 5.92 Å². The molecule has 22 N–H and O–H groups in total. The normalized spacial score (nSPS) is 16.8. The van der Waals surface area contributed by atoms with Gasteiger partial charge in [0.25, 0.3) is 0 Å². The molecule has 2 aliphatic heterocycles. The average Bonchev–Trinajstić information content (AvgIpc) is 1.74. The lowest BCUT2D eigenvalue weighted by atomic mass is 10.0. The number of nitrogens with two attached hydrogens (primary N) is 7. The molecule has 13 amide bonds. The Morgan fingerprint density at radius 1 is 0.537 bits per heavy atom. The first-order valence-corrected chi connectivity index (χ1v) is 33.6. The number of benzene rings is 2. The lowest BCUT2D eigenvalue weighted by Gasteiger charge is -2.32. The second-order valence-corrected chi connectivity index (χ2v) is 25.1. The van der Waals surface area contributed by atoms with Crippen molar-refractivity contribution >= 4 is 94.5 Å². The van der Waals surface area contributed by atoms with Gasteiger partial charge in [-0.2, -0.15) is 11.8 Å². The summed E-state index contributed by atoms with van der Waals surface area (Å²) in [6.45, 7) is 3.86. The Morgan fingerprint density at radius 3 is 1.51 bits per heavy atom. The van der Waals surface area contributed by atoms with Gasteiger partial charge in [0.1, 0.15) is 54.4 Å². The van der Waals surface area contributed by atoms with Crippen LogP contribution in [0.1, 0.15) is 121 Å². The topological polar surface area (TPSA) is 519 Å². The number of hydrogen-bond donors (Lipinski definition) is 15. The van der Waals surface area contributed by atoms with Crippen molar-refractivity contribution in [2.24, 2.45) is 51.0 Å². The number of thioether (sulfide) groups is 1. The third-order valence-electron chi connectivity index (χ3n) is 16.0. The van der Waals surface area contributed by atoms with E-state index in [2.05, 4.69) is 47.5 Å². The van der Waals surface area contributed by atoms with Crippen molar-refractivity contribution in [2.75, 3.05) is 44.7 Å². The molecule has 524 valence electrons. The van der Waals surface area contributed by atoms with Crippen LogP contribution < -0.4 is 82.7 Å². The number of carbonyl (C=O) groups is 13. The molecule has 2 aliphatic rings. The Kier molecular flexibility index (Phi) is 33.9. The van der Waals surface area contributed by atoms with E-state index in [-0.39, 0.29) is 83.0 Å². The summed E-state index contributed by atoms with van der Waals surface area (Å²) < 4.78 is 0. The van der Waals surface area contributed by atoms with E-state index in [1.165, 1.54) is 21.6 Å². The number of primary amides is 3. The van der Waals surface area contributed by atoms with Crippen LogP contribution in [0.3, 0.4) is 0 Å². The monoisotopic (exact) mass is 1350 g/mol. The van der Waals surface area contributed by atoms with Gasteiger partial charge in [-0.25, -0.2) is 0 Å². The number of aliphatic imine (C=N–C) groups is 1. The van der Waals surface area contributed by atoms with Crippen LogP contribution in [0.5, 0.6) is 0 Å². The van der Waals surface area contributed by atoms with E-state index in [0.717, 1.165) is 0 Å². The van der Waals surface area contributed by atoms with E-state index in [0.29, 0.717) is 55.4 Å². The van der Waals surface area contributed by atoms with Crippen molar-refractivity contribution in [1.82, 2.24) is 52.3 Å². The maximum atomic E-state index is 14.7. The fourth-order valence-electron chi connectivity index (χ4n) is 11.0. The van der Waals surface area contributed by atoms with Gasteiger partial charge < -0.3 is 92.5 Å². The molecule has 2 saturated heterocycles. The molecule has 2 aromatic carbocycles. The standard InChI is InChI=1S/C63H98N18O13S/c1-37(2)33-45(57(89)74-41(53(68)85)27-32-95-3)73-52(84)36-72-54(86)46(34-38-15-6-4-7-16-38)78-58(90)47(35-39-17-8-5-9-18-39)79-56(88)42(23-25-50(66)82)75-55(87)43(24-26-51(67)83)76-59(91)49-22-14-31-81(49)62(94)44(20-10-11-28-64)77-60(92)48-21-13-30-80(48)61(93)40(65)19-12-29-71-63(69)70/h4-9,15-18,37,40-49H,10-14,19-36,64-65H2,1-3H3,(H2,66,82)(H2,67,83)(H2,68,85)(H,72,86)(H,73,84)(H,74,89)(H,75,87)(H,76,91)(H,77,92)(H,78,90)(H,79,88)(H4,69,70,71)/t40-,41-,42+,43+,44-,45-,46-,47-,48+,49-/m0/s1. The zero-order valence-corrected chi connectivity index (χ0v) is 55.3. The number of amides is 13. The van der Waals surface area contributed by atoms with Gasteiger partial charge in [0.15, 0.2) is 5.96 Å². The molecule has 2 aromatic rings. The Hall–Kier alpha value is -8.91. The quantitative estimate of drug-likeness (QED) is 0.0173. The Morgan fingerprint density at radius 2 is 1.01 bits per heavy atom. The highest BCUT2D eigenvalue weighted by Crippen LogP contribution is 2.24. The third-order valence-corrected chi connectivity index (χ3v) is 16.7. The first-order valence-electron chi connectivity index (χ1n) is 32.2. The van der Waals surface area contributed by atoms with Gasteiger partial charge in [-0.15, -0.1) is 0 Å². The number of hydrogen-bond acceptors (Lipinski definition) is 17. The minimum atomic E-state index is -1.64. The van der Waals surface area contributed by atoms with Gasteiger partial charge in [-0.05, 0) is 119 Å². The molecule has 10 atom stereocenters. The second kappa shape index (κ2) is 41.0. The Bertz CT molecular complexity index is 2960. The number of nitrogens with one attached hydrogen (secondary N) is 8. The number of unbranched alkanes of at least 4 members (excludes halogenated alkanes) is 1. The minimum absolute atomic E-state index is 0.0736. The number of nitrogens with zero attached hydrogens (tertiary/aromatic N) is 3. The maximum absolute atomic E-state index is 14.7. The number of guanidine groups is 1. The van der Waals surface area contributed by atoms with E-state index >= 15 is 0 Å². The van der Waals surface area contributed by atoms with Crippen LogP contribution in [-0.4, -0.2) is 198 Å². The highest BCUT2D eigenvalue weighted by Gasteiger charge is 2.42. The zero-order chi connectivity index (χ0) is 70.1. The van der Waals surface area contributed by atoms with Crippen LogP contribution in [-0.2, 0) is 75.2 Å². The van der Waals surface area contributed by atoms with E-state index in [1.807, 2.05) is 20.1 Å². The second-order valence-electron chi connectivity index (χ2n) is 24.1. The van der Waals surface area contributed by atoms with Crippen molar-refractivity contribution in [1.29, 1.82) is 0 Å². The number of carbonyl (C=O) groups excluding carboxylic acids is 13. The van der Waals surface area contributed by atoms with Crippen LogP contribution in [0.4, 0.5) is 0 Å². The highest BCUT2D eigenvalue weighted by atomic mass is 32.2. The van der Waals surface area contributed by atoms with Gasteiger partial charge in [0.2, 0.25) is 76.8 Å². The molecule has 4 rings (SSSR count). The van der Waals surface area contributed by atoms with Crippen LogP contribution in [0.15, 0.2) is 65.7 Å². The van der Waals surface area contributed by atoms with Crippen LogP contribution in [0.2, 0.25) is 0 Å². The molecular formula is C63H98N18O13S. The third kappa shape index (κ3) is 27.5. The van der Waals surface area contributed by atoms with Gasteiger partial charge >= 0.3 is 0 Å². The van der Waals surface area contributed by atoms with Crippen molar-refractivity contribution in [3.8, 4) is 0 Å². The van der Waals surface area contributed by atoms with Crippen molar-refractivity contribution in [2.45, 2.75) is 183 Å². The molecule has 31 nitrogen and oxygen atoms in total. The fourth-order valence-corrected chi connectivity index (χ4v) is 11.5. The van der Waals surface area contributed by atoms with E-state index in [9.17, 15) is 62.3 Å². The summed E-state index contributed by atoms with van der Waals surface area (Å²) in [6.07, 6.45) is 3.12. The zero-order valence-electron chi connectivity index (χ0n) is 54.5. The van der Waals surface area contributed by atoms with Crippen LogP contribution >= 0.6 is 11.8 Å². The highest BCUT2D eigenvalue weighted by molar-refractivity contribution is 7.98. The van der Waals surface area contributed by atoms with Crippen LogP contribution in [0.25, 0.3) is 0 Å². The summed E-state index contributed by atoms with van der Waals surface area (Å²) in [4.78, 5) is 185. The minimum Gasteiger partial charge on any atom is -0.370 e. The van der Waals surface area contributed by atoms with Gasteiger partial charge in [0, 0.05) is 45.3 Å². The molecule has 2 fully saturated rings. The number of likely N-dealkylation sites (tertiary alicyclic amines) is 2.